The number of nitriles is 1. The lowest BCUT2D eigenvalue weighted by atomic mass is 10.2. The molecule has 0 heterocycles. The molecule has 4 heteroatoms. The number of rotatable bonds is 4. The highest BCUT2D eigenvalue weighted by Gasteiger charge is 1.99. The van der Waals surface area contributed by atoms with E-state index in [0.29, 0.717) is 29.5 Å². The lowest BCUT2D eigenvalue weighted by Gasteiger charge is -2.05. The van der Waals surface area contributed by atoms with Gasteiger partial charge < -0.3 is 9.47 Å². The summed E-state index contributed by atoms with van der Waals surface area (Å²) >= 11 is 5.78. The zero-order valence-corrected chi connectivity index (χ0v) is 8.54. The third-order valence-corrected chi connectivity index (χ3v) is 1.77. The molecule has 0 N–H and O–H groups in total. The van der Waals surface area contributed by atoms with E-state index in [1.165, 1.54) is 0 Å². The third kappa shape index (κ3) is 3.25. The van der Waals surface area contributed by atoms with E-state index in [1.807, 2.05) is 6.07 Å². The second-order valence-electron chi connectivity index (χ2n) is 2.63. The number of hydrogen-bond acceptors (Lipinski definition) is 3. The van der Waals surface area contributed by atoms with E-state index in [2.05, 4.69) is 0 Å². The van der Waals surface area contributed by atoms with E-state index in [4.69, 9.17) is 26.3 Å². The first kappa shape index (κ1) is 10.8. The fraction of sp³-hybridized carbons (Fsp3) is 0.300. The fourth-order valence-corrected chi connectivity index (χ4v) is 1.18. The van der Waals surface area contributed by atoms with Crippen LogP contribution in [0.15, 0.2) is 18.2 Å². The molecule has 0 amide bonds. The van der Waals surface area contributed by atoms with Crippen molar-refractivity contribution in [3.63, 3.8) is 0 Å². The van der Waals surface area contributed by atoms with Crippen LogP contribution in [0.3, 0.4) is 0 Å². The van der Waals surface area contributed by atoms with Crippen molar-refractivity contribution in [2.45, 2.75) is 0 Å². The summed E-state index contributed by atoms with van der Waals surface area (Å²) in [4.78, 5) is 0. The van der Waals surface area contributed by atoms with E-state index in [0.717, 1.165) is 0 Å². The molecule has 3 nitrogen and oxygen atoms in total. The van der Waals surface area contributed by atoms with Gasteiger partial charge in [0, 0.05) is 12.1 Å². The molecule has 1 aromatic rings. The van der Waals surface area contributed by atoms with E-state index < -0.39 is 0 Å². The van der Waals surface area contributed by atoms with Crippen molar-refractivity contribution in [2.75, 3.05) is 20.3 Å². The zero-order valence-electron chi connectivity index (χ0n) is 7.79. The molecule has 0 bridgehead atoms. The van der Waals surface area contributed by atoms with Crippen LogP contribution in [0, 0.1) is 11.3 Å². The Bertz CT molecular complexity index is 346. The predicted molar refractivity (Wildman–Crippen MR) is 53.5 cm³/mol. The normalized spacial score (nSPS) is 9.50. The average Bonchev–Trinajstić information content (AvgIpc) is 2.17. The number of hydrogen-bond donors (Lipinski definition) is 0. The van der Waals surface area contributed by atoms with Gasteiger partial charge in [-0.15, -0.1) is 0 Å². The van der Waals surface area contributed by atoms with Crippen LogP contribution >= 0.6 is 11.6 Å². The van der Waals surface area contributed by atoms with Crippen LogP contribution < -0.4 is 4.74 Å². The van der Waals surface area contributed by atoms with Crippen LogP contribution in [0.2, 0.25) is 5.02 Å². The van der Waals surface area contributed by atoms with Crippen molar-refractivity contribution in [1.29, 1.82) is 5.26 Å². The molecule has 0 fully saturated rings. The van der Waals surface area contributed by atoms with Gasteiger partial charge >= 0.3 is 0 Å². The standard InChI is InChI=1S/C10H10ClNO2/c1-13-2-3-14-10-5-8(7-12)4-9(11)6-10/h4-6H,2-3H2,1H3. The maximum Gasteiger partial charge on any atom is 0.122 e. The largest absolute Gasteiger partial charge is 0.491 e. The lowest BCUT2D eigenvalue weighted by Crippen LogP contribution is -2.04. The minimum absolute atomic E-state index is 0.446. The zero-order chi connectivity index (χ0) is 10.4. The second-order valence-corrected chi connectivity index (χ2v) is 3.07. The van der Waals surface area contributed by atoms with Crippen molar-refractivity contribution in [3.05, 3.63) is 28.8 Å². The van der Waals surface area contributed by atoms with Crippen LogP contribution in [0.4, 0.5) is 0 Å². The van der Waals surface area contributed by atoms with Crippen LogP contribution in [0.1, 0.15) is 5.56 Å². The summed E-state index contributed by atoms with van der Waals surface area (Å²) in [5.74, 6) is 0.589. The van der Waals surface area contributed by atoms with Gasteiger partial charge in [-0.2, -0.15) is 5.26 Å². The van der Waals surface area contributed by atoms with Crippen molar-refractivity contribution in [1.82, 2.24) is 0 Å². The summed E-state index contributed by atoms with van der Waals surface area (Å²) < 4.78 is 10.1. The van der Waals surface area contributed by atoms with Crippen LogP contribution in [0.25, 0.3) is 0 Å². The molecule has 0 saturated heterocycles. The van der Waals surface area contributed by atoms with Gasteiger partial charge in [0.1, 0.15) is 12.4 Å². The summed E-state index contributed by atoms with van der Waals surface area (Å²) in [5, 5.41) is 9.17. The third-order valence-electron chi connectivity index (χ3n) is 1.56. The van der Waals surface area contributed by atoms with E-state index in [1.54, 1.807) is 25.3 Å². The Morgan fingerprint density at radius 1 is 1.36 bits per heavy atom. The Balaban J connectivity index is 2.68. The average molecular weight is 212 g/mol. The molecule has 0 aromatic heterocycles. The van der Waals surface area contributed by atoms with Crippen LogP contribution in [0.5, 0.6) is 5.75 Å². The van der Waals surface area contributed by atoms with Crippen molar-refractivity contribution in [3.8, 4) is 11.8 Å². The number of ether oxygens (including phenoxy) is 2. The second kappa shape index (κ2) is 5.48. The lowest BCUT2D eigenvalue weighted by molar-refractivity contribution is 0.146. The van der Waals surface area contributed by atoms with Crippen LogP contribution in [-0.4, -0.2) is 20.3 Å². The molecule has 0 radical (unpaired) electrons. The molecule has 1 rings (SSSR count). The van der Waals surface area contributed by atoms with Gasteiger partial charge in [0.2, 0.25) is 0 Å². The first-order valence-electron chi connectivity index (χ1n) is 4.08. The van der Waals surface area contributed by atoms with E-state index >= 15 is 0 Å². The van der Waals surface area contributed by atoms with E-state index in [9.17, 15) is 0 Å². The number of methoxy groups -OCH3 is 1. The predicted octanol–water partition coefficient (Wildman–Crippen LogP) is 2.24. The molecule has 0 unspecified atom stereocenters. The minimum atomic E-state index is 0.446. The smallest absolute Gasteiger partial charge is 0.122 e. The van der Waals surface area contributed by atoms with Gasteiger partial charge in [0.15, 0.2) is 0 Å². The molecular formula is C10H10ClNO2. The summed E-state index contributed by atoms with van der Waals surface area (Å²) in [6.45, 7) is 0.954. The Labute approximate surface area is 87.8 Å². The van der Waals surface area contributed by atoms with Crippen molar-refractivity contribution < 1.29 is 9.47 Å². The highest BCUT2D eigenvalue weighted by atomic mass is 35.5. The monoisotopic (exact) mass is 211 g/mol. The molecule has 74 valence electrons. The number of benzene rings is 1. The summed E-state index contributed by atoms with van der Waals surface area (Å²) in [6, 6.07) is 6.90. The molecule has 14 heavy (non-hydrogen) atoms. The Morgan fingerprint density at radius 2 is 2.14 bits per heavy atom. The first-order chi connectivity index (χ1) is 6.76. The molecule has 0 spiro atoms. The SMILES string of the molecule is COCCOc1cc(Cl)cc(C#N)c1. The first-order valence-corrected chi connectivity index (χ1v) is 4.46. The molecule has 0 aliphatic heterocycles. The van der Waals surface area contributed by atoms with Crippen LogP contribution in [-0.2, 0) is 4.74 Å². The molecule has 0 aliphatic rings. The quantitative estimate of drug-likeness (QED) is 0.718. The molecular weight excluding hydrogens is 202 g/mol. The maximum absolute atomic E-state index is 8.67. The van der Waals surface area contributed by atoms with Gasteiger partial charge in [-0.05, 0) is 18.2 Å². The Morgan fingerprint density at radius 3 is 2.79 bits per heavy atom. The molecule has 0 saturated carbocycles. The Hall–Kier alpha value is -1.24. The van der Waals surface area contributed by atoms with E-state index in [-0.39, 0.29) is 0 Å². The van der Waals surface area contributed by atoms with Crippen molar-refractivity contribution >= 4 is 11.6 Å². The topological polar surface area (TPSA) is 42.2 Å². The van der Waals surface area contributed by atoms with Gasteiger partial charge in [-0.3, -0.25) is 0 Å². The minimum Gasteiger partial charge on any atom is -0.491 e. The molecule has 0 atom stereocenters. The fourth-order valence-electron chi connectivity index (χ4n) is 0.953. The highest BCUT2D eigenvalue weighted by molar-refractivity contribution is 6.30. The summed E-state index contributed by atoms with van der Waals surface area (Å²) in [7, 11) is 1.60. The van der Waals surface area contributed by atoms with Gasteiger partial charge in [-0.25, -0.2) is 0 Å². The summed E-state index contributed by atoms with van der Waals surface area (Å²) in [5.41, 5.74) is 0.491. The summed E-state index contributed by atoms with van der Waals surface area (Å²) in [6.07, 6.45) is 0. The molecule has 0 aliphatic carbocycles. The number of nitrogens with zero attached hydrogens (tertiary/aromatic N) is 1. The van der Waals surface area contributed by atoms with Gasteiger partial charge in [-0.1, -0.05) is 11.6 Å². The maximum atomic E-state index is 8.67. The highest BCUT2D eigenvalue weighted by Crippen LogP contribution is 2.20. The Kier molecular flexibility index (Phi) is 4.24. The van der Waals surface area contributed by atoms with Crippen molar-refractivity contribution in [2.24, 2.45) is 0 Å². The van der Waals surface area contributed by atoms with Gasteiger partial charge in [0.05, 0.1) is 18.2 Å². The molecule has 1 aromatic carbocycles. The van der Waals surface area contributed by atoms with Gasteiger partial charge in [0.25, 0.3) is 0 Å². The number of halogens is 1.